The van der Waals surface area contributed by atoms with Gasteiger partial charge in [-0.2, -0.15) is 0 Å². The van der Waals surface area contributed by atoms with Crippen molar-refractivity contribution >= 4 is 5.91 Å². The summed E-state index contributed by atoms with van der Waals surface area (Å²) < 4.78 is 10.6. The Labute approximate surface area is 77.6 Å². The molecule has 0 spiro atoms. The van der Waals surface area contributed by atoms with Crippen LogP contribution in [0, 0.1) is 11.8 Å². The fraction of sp³-hybridized carbons (Fsp3) is 0.667. The van der Waals surface area contributed by atoms with Crippen molar-refractivity contribution in [3.8, 4) is 11.8 Å². The van der Waals surface area contributed by atoms with Gasteiger partial charge in [-0.1, -0.05) is 5.92 Å². The van der Waals surface area contributed by atoms with Gasteiger partial charge >= 0.3 is 0 Å². The van der Waals surface area contributed by atoms with Crippen LogP contribution in [0.25, 0.3) is 0 Å². The minimum absolute atomic E-state index is 0.303. The minimum atomic E-state index is -0.676. The van der Waals surface area contributed by atoms with Gasteiger partial charge < -0.3 is 14.8 Å². The molecule has 0 aromatic heterocycles. The summed E-state index contributed by atoms with van der Waals surface area (Å²) in [6, 6.07) is 0. The van der Waals surface area contributed by atoms with Crippen LogP contribution in [0.15, 0.2) is 0 Å². The summed E-state index contributed by atoms with van der Waals surface area (Å²) in [5.41, 5.74) is 0. The Bertz CT molecular complexity index is 245. The molecule has 0 atom stereocenters. The van der Waals surface area contributed by atoms with Gasteiger partial charge in [0.2, 0.25) is 0 Å². The second-order valence-electron chi connectivity index (χ2n) is 2.89. The van der Waals surface area contributed by atoms with Crippen molar-refractivity contribution in [2.45, 2.75) is 19.6 Å². The van der Waals surface area contributed by atoms with Crippen LogP contribution in [0.3, 0.4) is 0 Å². The first kappa shape index (κ1) is 10.0. The average molecular weight is 183 g/mol. The van der Waals surface area contributed by atoms with E-state index in [4.69, 9.17) is 9.47 Å². The van der Waals surface area contributed by atoms with E-state index in [-0.39, 0.29) is 5.91 Å². The summed E-state index contributed by atoms with van der Waals surface area (Å²) >= 11 is 0. The van der Waals surface area contributed by atoms with E-state index in [2.05, 4.69) is 17.2 Å². The van der Waals surface area contributed by atoms with Crippen LogP contribution in [0.4, 0.5) is 0 Å². The lowest BCUT2D eigenvalue weighted by atomic mass is 10.3. The molecule has 0 aliphatic carbocycles. The first-order valence-corrected chi connectivity index (χ1v) is 4.15. The highest BCUT2D eigenvalue weighted by atomic mass is 16.7. The molecule has 13 heavy (non-hydrogen) atoms. The number of hydrogen-bond acceptors (Lipinski definition) is 3. The van der Waals surface area contributed by atoms with Crippen molar-refractivity contribution in [3.63, 3.8) is 0 Å². The van der Waals surface area contributed by atoms with Crippen molar-refractivity contribution in [2.75, 3.05) is 19.8 Å². The number of ether oxygens (including phenoxy) is 2. The maximum Gasteiger partial charge on any atom is 0.296 e. The summed E-state index contributed by atoms with van der Waals surface area (Å²) in [4.78, 5) is 10.9. The zero-order valence-electron chi connectivity index (χ0n) is 7.85. The summed E-state index contributed by atoms with van der Waals surface area (Å²) in [5, 5.41) is 2.60. The highest BCUT2D eigenvalue weighted by molar-refractivity contribution is 5.93. The number of carbonyl (C=O) groups is 1. The summed E-state index contributed by atoms with van der Waals surface area (Å²) in [6.45, 7) is 4.89. The summed E-state index contributed by atoms with van der Waals surface area (Å²) in [7, 11) is 0. The van der Waals surface area contributed by atoms with Gasteiger partial charge in [0.25, 0.3) is 5.91 Å². The molecule has 1 rings (SSSR count). The Kier molecular flexibility index (Phi) is 3.29. The Morgan fingerprint density at radius 1 is 1.54 bits per heavy atom. The molecule has 1 amide bonds. The Morgan fingerprint density at radius 2 is 2.15 bits per heavy atom. The molecule has 0 bridgehead atoms. The number of amides is 1. The van der Waals surface area contributed by atoms with Crippen molar-refractivity contribution < 1.29 is 14.3 Å². The van der Waals surface area contributed by atoms with Crippen molar-refractivity contribution in [2.24, 2.45) is 0 Å². The van der Waals surface area contributed by atoms with E-state index < -0.39 is 5.79 Å². The first-order valence-electron chi connectivity index (χ1n) is 4.15. The number of hydrogen-bond donors (Lipinski definition) is 1. The van der Waals surface area contributed by atoms with Gasteiger partial charge in [0, 0.05) is 0 Å². The van der Waals surface area contributed by atoms with Gasteiger partial charge in [-0.05, 0) is 19.8 Å². The van der Waals surface area contributed by atoms with Crippen LogP contribution < -0.4 is 5.32 Å². The van der Waals surface area contributed by atoms with Crippen LogP contribution in [0.1, 0.15) is 13.8 Å². The van der Waals surface area contributed by atoms with Crippen LogP contribution in [0.2, 0.25) is 0 Å². The maximum absolute atomic E-state index is 10.9. The van der Waals surface area contributed by atoms with Crippen LogP contribution in [-0.4, -0.2) is 31.5 Å². The predicted molar refractivity (Wildman–Crippen MR) is 46.8 cm³/mol. The standard InChI is InChI=1S/C9H13NO3/c1-3-4-8(11)10-7-9(2)12-5-6-13-9/h5-7H2,1-2H3,(H,10,11). The molecule has 4 nitrogen and oxygen atoms in total. The zero-order chi connectivity index (χ0) is 9.73. The average Bonchev–Trinajstić information content (AvgIpc) is 2.51. The molecular weight excluding hydrogens is 170 g/mol. The van der Waals surface area contributed by atoms with Gasteiger partial charge in [0.15, 0.2) is 5.79 Å². The van der Waals surface area contributed by atoms with Crippen molar-refractivity contribution in [1.29, 1.82) is 0 Å². The summed E-state index contributed by atoms with van der Waals surface area (Å²) in [5.74, 6) is 3.91. The van der Waals surface area contributed by atoms with E-state index in [1.807, 2.05) is 0 Å². The molecule has 0 unspecified atom stereocenters. The van der Waals surface area contributed by atoms with E-state index in [1.54, 1.807) is 13.8 Å². The molecule has 72 valence electrons. The SMILES string of the molecule is CC#CC(=O)NCC1(C)OCCO1. The van der Waals surface area contributed by atoms with E-state index in [9.17, 15) is 4.79 Å². The molecule has 0 radical (unpaired) electrons. The zero-order valence-corrected chi connectivity index (χ0v) is 7.85. The number of carbonyl (C=O) groups excluding carboxylic acids is 1. The highest BCUT2D eigenvalue weighted by Gasteiger charge is 2.30. The molecule has 1 aliphatic heterocycles. The Hall–Kier alpha value is -1.05. The van der Waals surface area contributed by atoms with E-state index in [1.165, 1.54) is 0 Å². The van der Waals surface area contributed by atoms with E-state index in [0.717, 1.165) is 0 Å². The second kappa shape index (κ2) is 4.26. The molecule has 4 heteroatoms. The molecule has 1 aliphatic rings. The van der Waals surface area contributed by atoms with Crippen LogP contribution in [-0.2, 0) is 14.3 Å². The molecule has 1 saturated heterocycles. The third kappa shape index (κ3) is 3.05. The first-order chi connectivity index (χ1) is 6.16. The lowest BCUT2D eigenvalue weighted by molar-refractivity contribution is -0.143. The van der Waals surface area contributed by atoms with E-state index in [0.29, 0.717) is 19.8 Å². The van der Waals surface area contributed by atoms with Crippen molar-refractivity contribution in [3.05, 3.63) is 0 Å². The molecule has 0 aromatic carbocycles. The quantitative estimate of drug-likeness (QED) is 0.607. The largest absolute Gasteiger partial charge is 0.346 e. The van der Waals surface area contributed by atoms with Gasteiger partial charge in [0.1, 0.15) is 0 Å². The minimum Gasteiger partial charge on any atom is -0.346 e. The fourth-order valence-electron chi connectivity index (χ4n) is 1.06. The van der Waals surface area contributed by atoms with Crippen LogP contribution in [0.5, 0.6) is 0 Å². The van der Waals surface area contributed by atoms with Gasteiger partial charge in [-0.25, -0.2) is 0 Å². The topological polar surface area (TPSA) is 47.6 Å². The molecular formula is C9H13NO3. The third-order valence-corrected chi connectivity index (χ3v) is 1.71. The predicted octanol–water partition coefficient (Wildman–Crippen LogP) is -0.111. The maximum atomic E-state index is 10.9. The molecule has 1 fully saturated rings. The van der Waals surface area contributed by atoms with Gasteiger partial charge in [0.05, 0.1) is 19.8 Å². The van der Waals surface area contributed by atoms with Crippen LogP contribution >= 0.6 is 0 Å². The third-order valence-electron chi connectivity index (χ3n) is 1.71. The lowest BCUT2D eigenvalue weighted by Crippen LogP contribution is -2.41. The van der Waals surface area contributed by atoms with Crippen molar-refractivity contribution in [1.82, 2.24) is 5.32 Å². The molecule has 0 saturated carbocycles. The number of rotatable bonds is 2. The smallest absolute Gasteiger partial charge is 0.296 e. The normalized spacial score (nSPS) is 18.9. The number of nitrogens with one attached hydrogen (secondary N) is 1. The lowest BCUT2D eigenvalue weighted by Gasteiger charge is -2.21. The van der Waals surface area contributed by atoms with E-state index >= 15 is 0 Å². The second-order valence-corrected chi connectivity index (χ2v) is 2.89. The monoisotopic (exact) mass is 183 g/mol. The van der Waals surface area contributed by atoms with Gasteiger partial charge in [-0.15, -0.1) is 0 Å². The Morgan fingerprint density at radius 3 is 2.69 bits per heavy atom. The molecule has 1 N–H and O–H groups in total. The van der Waals surface area contributed by atoms with Gasteiger partial charge in [-0.3, -0.25) is 4.79 Å². The fourth-order valence-corrected chi connectivity index (χ4v) is 1.06. The Balaban J connectivity index is 2.31. The molecule has 1 heterocycles. The molecule has 0 aromatic rings. The summed E-state index contributed by atoms with van der Waals surface area (Å²) in [6.07, 6.45) is 0. The highest BCUT2D eigenvalue weighted by Crippen LogP contribution is 2.16.